The molecule has 0 aliphatic heterocycles. The zero-order valence-electron chi connectivity index (χ0n) is 10.4. The van der Waals surface area contributed by atoms with E-state index in [1.54, 1.807) is 0 Å². The second-order valence-electron chi connectivity index (χ2n) is 4.23. The Kier molecular flexibility index (Phi) is 6.04. The van der Waals surface area contributed by atoms with Gasteiger partial charge in [0.15, 0.2) is 0 Å². The molecule has 0 saturated heterocycles. The molecule has 90 valence electrons. The van der Waals surface area contributed by atoms with Gasteiger partial charge in [-0.2, -0.15) is 0 Å². The maximum absolute atomic E-state index is 5.62. The zero-order valence-corrected chi connectivity index (χ0v) is 10.4. The van der Waals surface area contributed by atoms with Gasteiger partial charge in [0, 0.05) is 25.0 Å². The summed E-state index contributed by atoms with van der Waals surface area (Å²) < 4.78 is 0. The molecule has 1 heterocycles. The monoisotopic (exact) mass is 221 g/mol. The maximum atomic E-state index is 5.62. The van der Waals surface area contributed by atoms with Crippen molar-refractivity contribution in [3.63, 3.8) is 0 Å². The van der Waals surface area contributed by atoms with Gasteiger partial charge in [0.25, 0.3) is 0 Å². The Labute approximate surface area is 98.7 Å². The summed E-state index contributed by atoms with van der Waals surface area (Å²) in [6.07, 6.45) is 7.05. The summed E-state index contributed by atoms with van der Waals surface area (Å²) in [5.74, 6) is 0. The fraction of sp³-hybridized carbons (Fsp3) is 0.615. The van der Waals surface area contributed by atoms with Crippen LogP contribution in [-0.2, 0) is 6.42 Å². The Balaban J connectivity index is 2.36. The Morgan fingerprint density at radius 3 is 2.62 bits per heavy atom. The van der Waals surface area contributed by atoms with Gasteiger partial charge in [0.2, 0.25) is 0 Å². The Morgan fingerprint density at radius 2 is 2.06 bits per heavy atom. The van der Waals surface area contributed by atoms with Crippen molar-refractivity contribution in [1.29, 1.82) is 0 Å². The summed E-state index contributed by atoms with van der Waals surface area (Å²) in [6, 6.07) is 4.78. The average Bonchev–Trinajstić information content (AvgIpc) is 2.34. The molecule has 0 bridgehead atoms. The molecule has 3 nitrogen and oxygen atoms in total. The van der Waals surface area contributed by atoms with E-state index in [0.29, 0.717) is 6.04 Å². The van der Waals surface area contributed by atoms with Crippen LogP contribution in [0.5, 0.6) is 0 Å². The SMILES string of the molecule is CCC(CCN)N(C)CCc1ccncc1. The minimum Gasteiger partial charge on any atom is -0.330 e. The van der Waals surface area contributed by atoms with Crippen LogP contribution in [0.15, 0.2) is 24.5 Å². The molecule has 0 aliphatic rings. The van der Waals surface area contributed by atoms with E-state index in [1.165, 1.54) is 12.0 Å². The Bertz CT molecular complexity index is 274. The van der Waals surface area contributed by atoms with Crippen LogP contribution in [0.3, 0.4) is 0 Å². The normalized spacial score (nSPS) is 13.0. The molecule has 1 unspecified atom stereocenters. The standard InChI is InChI=1S/C13H23N3/c1-3-13(4-8-14)16(2)11-7-12-5-9-15-10-6-12/h5-6,9-10,13H,3-4,7-8,11,14H2,1-2H3. The van der Waals surface area contributed by atoms with Gasteiger partial charge >= 0.3 is 0 Å². The van der Waals surface area contributed by atoms with Crippen molar-refractivity contribution in [2.24, 2.45) is 5.73 Å². The van der Waals surface area contributed by atoms with Gasteiger partial charge in [-0.15, -0.1) is 0 Å². The van der Waals surface area contributed by atoms with E-state index in [2.05, 4.69) is 36.0 Å². The van der Waals surface area contributed by atoms with Crippen LogP contribution >= 0.6 is 0 Å². The average molecular weight is 221 g/mol. The van der Waals surface area contributed by atoms with Crippen LogP contribution in [0.2, 0.25) is 0 Å². The van der Waals surface area contributed by atoms with Gasteiger partial charge in [-0.1, -0.05) is 6.92 Å². The molecule has 0 radical (unpaired) electrons. The summed E-state index contributed by atoms with van der Waals surface area (Å²) in [6.45, 7) is 4.09. The van der Waals surface area contributed by atoms with Crippen molar-refractivity contribution in [1.82, 2.24) is 9.88 Å². The largest absolute Gasteiger partial charge is 0.330 e. The number of nitrogens with two attached hydrogens (primary N) is 1. The van der Waals surface area contributed by atoms with Crippen molar-refractivity contribution >= 4 is 0 Å². The first kappa shape index (κ1) is 13.1. The molecule has 3 heteroatoms. The highest BCUT2D eigenvalue weighted by Gasteiger charge is 2.10. The molecule has 16 heavy (non-hydrogen) atoms. The lowest BCUT2D eigenvalue weighted by atomic mass is 10.1. The van der Waals surface area contributed by atoms with Crippen molar-refractivity contribution < 1.29 is 0 Å². The molecule has 0 aromatic carbocycles. The fourth-order valence-corrected chi connectivity index (χ4v) is 1.97. The summed E-state index contributed by atoms with van der Waals surface area (Å²) in [4.78, 5) is 6.43. The quantitative estimate of drug-likeness (QED) is 0.762. The van der Waals surface area contributed by atoms with E-state index in [1.807, 2.05) is 12.4 Å². The third-order valence-corrected chi connectivity index (χ3v) is 3.10. The van der Waals surface area contributed by atoms with Crippen molar-refractivity contribution in [2.75, 3.05) is 20.1 Å². The number of nitrogens with zero attached hydrogens (tertiary/aromatic N) is 2. The second kappa shape index (κ2) is 7.36. The number of likely N-dealkylation sites (N-methyl/N-ethyl adjacent to an activating group) is 1. The molecular weight excluding hydrogens is 198 g/mol. The van der Waals surface area contributed by atoms with Gasteiger partial charge in [-0.3, -0.25) is 4.98 Å². The van der Waals surface area contributed by atoms with E-state index in [-0.39, 0.29) is 0 Å². The van der Waals surface area contributed by atoms with E-state index in [9.17, 15) is 0 Å². The predicted molar refractivity (Wildman–Crippen MR) is 68.3 cm³/mol. The lowest BCUT2D eigenvalue weighted by molar-refractivity contribution is 0.229. The van der Waals surface area contributed by atoms with Crippen LogP contribution in [0.4, 0.5) is 0 Å². The first-order valence-electron chi connectivity index (χ1n) is 6.07. The van der Waals surface area contributed by atoms with E-state index in [0.717, 1.165) is 25.9 Å². The first-order chi connectivity index (χ1) is 7.77. The minimum atomic E-state index is 0.617. The van der Waals surface area contributed by atoms with Gasteiger partial charge in [-0.05, 0) is 50.6 Å². The molecule has 1 aromatic heterocycles. The van der Waals surface area contributed by atoms with Crippen LogP contribution in [0, 0.1) is 0 Å². The van der Waals surface area contributed by atoms with Crippen molar-refractivity contribution in [3.8, 4) is 0 Å². The molecule has 1 aromatic rings. The lowest BCUT2D eigenvalue weighted by Gasteiger charge is -2.26. The third-order valence-electron chi connectivity index (χ3n) is 3.10. The van der Waals surface area contributed by atoms with E-state index in [4.69, 9.17) is 5.73 Å². The van der Waals surface area contributed by atoms with Crippen LogP contribution < -0.4 is 5.73 Å². The molecule has 0 aliphatic carbocycles. The number of pyridine rings is 1. The molecule has 0 fully saturated rings. The summed E-state index contributed by atoms with van der Waals surface area (Å²) in [5, 5.41) is 0. The Morgan fingerprint density at radius 1 is 1.38 bits per heavy atom. The Hall–Kier alpha value is -0.930. The van der Waals surface area contributed by atoms with Crippen LogP contribution in [0.1, 0.15) is 25.3 Å². The molecule has 0 amide bonds. The third kappa shape index (κ3) is 4.29. The first-order valence-corrected chi connectivity index (χ1v) is 6.07. The van der Waals surface area contributed by atoms with E-state index >= 15 is 0 Å². The molecule has 0 spiro atoms. The predicted octanol–water partition coefficient (Wildman–Crippen LogP) is 1.68. The molecule has 1 rings (SSSR count). The smallest absolute Gasteiger partial charge is 0.0270 e. The highest BCUT2D eigenvalue weighted by atomic mass is 15.1. The number of rotatable bonds is 7. The second-order valence-corrected chi connectivity index (χ2v) is 4.23. The minimum absolute atomic E-state index is 0.617. The topological polar surface area (TPSA) is 42.1 Å². The maximum Gasteiger partial charge on any atom is 0.0270 e. The summed E-state index contributed by atoms with van der Waals surface area (Å²) >= 11 is 0. The van der Waals surface area contributed by atoms with Crippen molar-refractivity contribution in [3.05, 3.63) is 30.1 Å². The molecule has 2 N–H and O–H groups in total. The fourth-order valence-electron chi connectivity index (χ4n) is 1.97. The highest BCUT2D eigenvalue weighted by molar-refractivity contribution is 5.09. The van der Waals surface area contributed by atoms with Crippen LogP contribution in [0.25, 0.3) is 0 Å². The van der Waals surface area contributed by atoms with Gasteiger partial charge < -0.3 is 10.6 Å². The highest BCUT2D eigenvalue weighted by Crippen LogP contribution is 2.07. The molecular formula is C13H23N3. The number of hydrogen-bond donors (Lipinski definition) is 1. The van der Waals surface area contributed by atoms with Gasteiger partial charge in [0.1, 0.15) is 0 Å². The number of hydrogen-bond acceptors (Lipinski definition) is 3. The lowest BCUT2D eigenvalue weighted by Crippen LogP contribution is -2.34. The van der Waals surface area contributed by atoms with E-state index < -0.39 is 0 Å². The van der Waals surface area contributed by atoms with Crippen molar-refractivity contribution in [2.45, 2.75) is 32.2 Å². The number of aromatic nitrogens is 1. The van der Waals surface area contributed by atoms with Gasteiger partial charge in [-0.25, -0.2) is 0 Å². The zero-order chi connectivity index (χ0) is 11.8. The summed E-state index contributed by atoms with van der Waals surface area (Å²) in [5.41, 5.74) is 6.97. The molecule has 1 atom stereocenters. The van der Waals surface area contributed by atoms with Crippen LogP contribution in [-0.4, -0.2) is 36.1 Å². The summed E-state index contributed by atoms with van der Waals surface area (Å²) in [7, 11) is 2.19. The molecule has 0 saturated carbocycles. The van der Waals surface area contributed by atoms with Gasteiger partial charge in [0.05, 0.1) is 0 Å².